The van der Waals surface area contributed by atoms with Crippen molar-refractivity contribution in [2.24, 2.45) is 0 Å². The van der Waals surface area contributed by atoms with Crippen molar-refractivity contribution in [3.8, 4) is 0 Å². The molecule has 0 spiro atoms. The van der Waals surface area contributed by atoms with E-state index in [9.17, 15) is 0 Å². The molecule has 4 nitrogen and oxygen atoms in total. The molecule has 0 saturated carbocycles. The lowest BCUT2D eigenvalue weighted by Crippen LogP contribution is -2.35. The van der Waals surface area contributed by atoms with Crippen LogP contribution in [0.5, 0.6) is 0 Å². The number of aryl methyl sites for hydroxylation is 1. The fraction of sp³-hybridized carbons (Fsp3) is 0.667. The molecule has 0 unspecified atom stereocenters. The third kappa shape index (κ3) is 1.73. The molecule has 72 valence electrons. The van der Waals surface area contributed by atoms with E-state index in [4.69, 9.17) is 5.11 Å². The number of aliphatic hydroxyl groups excluding tert-OH is 1. The van der Waals surface area contributed by atoms with Gasteiger partial charge in [-0.2, -0.15) is 0 Å². The quantitative estimate of drug-likeness (QED) is 0.698. The van der Waals surface area contributed by atoms with Crippen molar-refractivity contribution >= 4 is 0 Å². The zero-order chi connectivity index (χ0) is 9.26. The summed E-state index contributed by atoms with van der Waals surface area (Å²) in [6.45, 7) is 5.89. The van der Waals surface area contributed by atoms with Gasteiger partial charge in [0.2, 0.25) is 0 Å². The van der Waals surface area contributed by atoms with Crippen molar-refractivity contribution in [2.45, 2.75) is 20.0 Å². The van der Waals surface area contributed by atoms with Crippen molar-refractivity contribution in [3.63, 3.8) is 0 Å². The van der Waals surface area contributed by atoms with E-state index in [-0.39, 0.29) is 6.61 Å². The summed E-state index contributed by atoms with van der Waals surface area (Å²) in [5.74, 6) is 1.12. The zero-order valence-corrected chi connectivity index (χ0v) is 7.90. The van der Waals surface area contributed by atoms with Gasteiger partial charge < -0.3 is 9.67 Å². The van der Waals surface area contributed by atoms with Crippen LogP contribution in [0.15, 0.2) is 6.20 Å². The zero-order valence-electron chi connectivity index (χ0n) is 7.90. The van der Waals surface area contributed by atoms with Crippen LogP contribution in [0.4, 0.5) is 0 Å². The number of aliphatic hydroxyl groups is 1. The van der Waals surface area contributed by atoms with Crippen LogP contribution >= 0.6 is 0 Å². The first kappa shape index (κ1) is 8.72. The molecule has 1 aliphatic rings. The van der Waals surface area contributed by atoms with Gasteiger partial charge in [0.05, 0.1) is 18.8 Å². The van der Waals surface area contributed by atoms with Crippen molar-refractivity contribution in [2.75, 3.05) is 19.7 Å². The topological polar surface area (TPSA) is 41.3 Å². The number of imidazole rings is 1. The number of rotatable bonds is 2. The first-order valence-corrected chi connectivity index (χ1v) is 4.65. The van der Waals surface area contributed by atoms with Gasteiger partial charge in [0.1, 0.15) is 5.82 Å². The van der Waals surface area contributed by atoms with Crippen LogP contribution in [0, 0.1) is 6.92 Å². The van der Waals surface area contributed by atoms with Crippen LogP contribution in [0.2, 0.25) is 0 Å². The Morgan fingerprint density at radius 3 is 3.15 bits per heavy atom. The molecule has 1 aromatic heterocycles. The fourth-order valence-electron chi connectivity index (χ4n) is 1.78. The van der Waals surface area contributed by atoms with Crippen molar-refractivity contribution in [1.82, 2.24) is 14.5 Å². The second kappa shape index (κ2) is 3.47. The van der Waals surface area contributed by atoms with E-state index in [2.05, 4.69) is 20.6 Å². The largest absolute Gasteiger partial charge is 0.395 e. The summed E-state index contributed by atoms with van der Waals surface area (Å²) in [5, 5.41) is 8.80. The van der Waals surface area contributed by atoms with E-state index in [0.717, 1.165) is 37.7 Å². The SMILES string of the molecule is Cc1cn2c(n1)CN(CCO)CC2. The lowest BCUT2D eigenvalue weighted by atomic mass is 10.3. The predicted molar refractivity (Wildman–Crippen MR) is 49.3 cm³/mol. The van der Waals surface area contributed by atoms with Gasteiger partial charge in [-0.25, -0.2) is 4.98 Å². The highest BCUT2D eigenvalue weighted by Crippen LogP contribution is 2.11. The maximum atomic E-state index is 8.80. The summed E-state index contributed by atoms with van der Waals surface area (Å²) in [7, 11) is 0. The average molecular weight is 181 g/mol. The Morgan fingerprint density at radius 1 is 1.54 bits per heavy atom. The summed E-state index contributed by atoms with van der Waals surface area (Å²) in [5.41, 5.74) is 1.08. The number of hydrogen-bond donors (Lipinski definition) is 1. The number of nitrogens with zero attached hydrogens (tertiary/aromatic N) is 3. The first-order chi connectivity index (χ1) is 6.29. The molecule has 0 fully saturated rings. The van der Waals surface area contributed by atoms with Crippen molar-refractivity contribution < 1.29 is 5.11 Å². The van der Waals surface area contributed by atoms with Crippen LogP contribution in [0.1, 0.15) is 11.5 Å². The summed E-state index contributed by atoms with van der Waals surface area (Å²) in [4.78, 5) is 6.65. The van der Waals surface area contributed by atoms with Crippen LogP contribution < -0.4 is 0 Å². The third-order valence-electron chi connectivity index (χ3n) is 2.42. The Balaban J connectivity index is 2.10. The van der Waals surface area contributed by atoms with Crippen LogP contribution in [0.25, 0.3) is 0 Å². The second-order valence-corrected chi connectivity index (χ2v) is 3.49. The Morgan fingerprint density at radius 2 is 2.38 bits per heavy atom. The lowest BCUT2D eigenvalue weighted by Gasteiger charge is -2.26. The highest BCUT2D eigenvalue weighted by atomic mass is 16.3. The maximum Gasteiger partial charge on any atom is 0.123 e. The Labute approximate surface area is 77.8 Å². The van der Waals surface area contributed by atoms with E-state index in [0.29, 0.717) is 0 Å². The van der Waals surface area contributed by atoms with Gasteiger partial charge >= 0.3 is 0 Å². The predicted octanol–water partition coefficient (Wildman–Crippen LogP) is -0.000580. The number of hydrogen-bond acceptors (Lipinski definition) is 3. The normalized spacial score (nSPS) is 17.4. The molecule has 0 aromatic carbocycles. The van der Waals surface area contributed by atoms with Crippen LogP contribution in [-0.4, -0.2) is 39.3 Å². The van der Waals surface area contributed by atoms with Gasteiger partial charge in [-0.1, -0.05) is 0 Å². The van der Waals surface area contributed by atoms with E-state index < -0.39 is 0 Å². The molecular formula is C9H15N3O. The number of aromatic nitrogens is 2. The van der Waals surface area contributed by atoms with Gasteiger partial charge in [-0.15, -0.1) is 0 Å². The monoisotopic (exact) mass is 181 g/mol. The van der Waals surface area contributed by atoms with Gasteiger partial charge in [-0.05, 0) is 6.92 Å². The van der Waals surface area contributed by atoms with Crippen LogP contribution in [0.3, 0.4) is 0 Å². The molecule has 0 aliphatic carbocycles. The molecule has 4 heteroatoms. The van der Waals surface area contributed by atoms with Crippen molar-refractivity contribution in [1.29, 1.82) is 0 Å². The average Bonchev–Trinajstić information content (AvgIpc) is 2.44. The van der Waals surface area contributed by atoms with E-state index >= 15 is 0 Å². The van der Waals surface area contributed by atoms with E-state index in [1.165, 1.54) is 0 Å². The molecule has 0 saturated heterocycles. The number of fused-ring (bicyclic) bond motifs is 1. The molecular weight excluding hydrogens is 166 g/mol. The number of β-amino-alcohol motifs (C(OH)–C–C–N with tert-alkyl or cyclic N) is 1. The molecule has 13 heavy (non-hydrogen) atoms. The van der Waals surface area contributed by atoms with Gasteiger partial charge in [0, 0.05) is 25.8 Å². The molecule has 0 bridgehead atoms. The molecule has 1 aromatic rings. The second-order valence-electron chi connectivity index (χ2n) is 3.49. The Bertz CT molecular complexity index is 295. The van der Waals surface area contributed by atoms with Crippen molar-refractivity contribution in [3.05, 3.63) is 17.7 Å². The molecule has 2 rings (SSSR count). The van der Waals surface area contributed by atoms with Gasteiger partial charge in [0.15, 0.2) is 0 Å². The summed E-state index contributed by atoms with van der Waals surface area (Å²) in [6, 6.07) is 0. The Kier molecular flexibility index (Phi) is 2.33. The fourth-order valence-corrected chi connectivity index (χ4v) is 1.78. The smallest absolute Gasteiger partial charge is 0.123 e. The minimum atomic E-state index is 0.236. The Hall–Kier alpha value is -0.870. The standard InChI is InChI=1S/C9H15N3O/c1-8-6-12-3-2-11(4-5-13)7-9(12)10-8/h6,13H,2-5,7H2,1H3. The first-order valence-electron chi connectivity index (χ1n) is 4.65. The molecule has 0 atom stereocenters. The summed E-state index contributed by atoms with van der Waals surface area (Å²) in [6.07, 6.45) is 2.09. The molecule has 1 N–H and O–H groups in total. The van der Waals surface area contributed by atoms with E-state index in [1.54, 1.807) is 0 Å². The van der Waals surface area contributed by atoms with Crippen LogP contribution in [-0.2, 0) is 13.1 Å². The minimum absolute atomic E-state index is 0.236. The maximum absolute atomic E-state index is 8.80. The lowest BCUT2D eigenvalue weighted by molar-refractivity contribution is 0.165. The molecule has 1 aliphatic heterocycles. The highest BCUT2D eigenvalue weighted by molar-refractivity contribution is 5.04. The summed E-state index contributed by atoms with van der Waals surface area (Å²) < 4.78 is 2.20. The molecule has 0 radical (unpaired) electrons. The molecule has 2 heterocycles. The molecule has 0 amide bonds. The summed E-state index contributed by atoms with van der Waals surface area (Å²) >= 11 is 0. The minimum Gasteiger partial charge on any atom is -0.395 e. The third-order valence-corrected chi connectivity index (χ3v) is 2.42. The van der Waals surface area contributed by atoms with Gasteiger partial charge in [0.25, 0.3) is 0 Å². The van der Waals surface area contributed by atoms with Gasteiger partial charge in [-0.3, -0.25) is 4.90 Å². The van der Waals surface area contributed by atoms with E-state index in [1.807, 2.05) is 6.92 Å². The highest BCUT2D eigenvalue weighted by Gasteiger charge is 2.16.